The van der Waals surface area contributed by atoms with Crippen molar-refractivity contribution in [2.45, 2.75) is 0 Å². The highest BCUT2D eigenvalue weighted by molar-refractivity contribution is 6.06. The second-order valence-corrected chi connectivity index (χ2v) is 7.59. The number of aromatic nitrogens is 2. The molecule has 144 valence electrons. The average Bonchev–Trinajstić information content (AvgIpc) is 3.49. The molecule has 0 saturated heterocycles. The van der Waals surface area contributed by atoms with Gasteiger partial charge < -0.3 is 34.0 Å². The molecule has 0 amide bonds. The van der Waals surface area contributed by atoms with Gasteiger partial charge in [-0.05, 0) is 34.4 Å². The molecule has 0 atom stereocenters. The standard InChI is InChI=1S/2C13H8N.2BrH/c2*1-2-10-5-7-14-8-6-11-4-3-9(1)12(10)13(11)14;;/h2*1-8H;2*1H/q2*+1;;/p-2. The van der Waals surface area contributed by atoms with Gasteiger partial charge >= 0.3 is 0 Å². The first-order chi connectivity index (χ1) is 13.9. The maximum absolute atomic E-state index is 2.20. The summed E-state index contributed by atoms with van der Waals surface area (Å²) in [5.74, 6) is 0. The van der Waals surface area contributed by atoms with Gasteiger partial charge in [-0.3, -0.25) is 0 Å². The monoisotopic (exact) mass is 514 g/mol. The maximum atomic E-state index is 2.20. The maximum Gasteiger partial charge on any atom is 0.226 e. The third-order valence-electron chi connectivity index (χ3n) is 6.12. The fourth-order valence-electron chi connectivity index (χ4n) is 4.80. The van der Waals surface area contributed by atoms with E-state index in [4.69, 9.17) is 0 Å². The molecule has 4 heterocycles. The van der Waals surface area contributed by atoms with Crippen LogP contribution < -0.4 is 43.1 Å². The van der Waals surface area contributed by atoms with E-state index >= 15 is 0 Å². The van der Waals surface area contributed by atoms with E-state index in [2.05, 4.69) is 107 Å². The SMILES string of the molecule is C1=Cc2cc[n+]3c4c(ccc1c24)C=C3.C1=Cc2cc[n+]3c4c(ccc1c24)C=C3.[Br-].[Br-]. The lowest BCUT2D eigenvalue weighted by Gasteiger charge is -1.98. The molecule has 2 nitrogen and oxygen atoms in total. The molecule has 4 aromatic rings. The minimum absolute atomic E-state index is 0. The van der Waals surface area contributed by atoms with Gasteiger partial charge in [-0.15, -0.1) is 0 Å². The van der Waals surface area contributed by atoms with E-state index in [1.165, 1.54) is 55.2 Å². The van der Waals surface area contributed by atoms with Crippen molar-refractivity contribution in [3.8, 4) is 0 Å². The van der Waals surface area contributed by atoms with E-state index in [1.54, 1.807) is 0 Å². The Morgan fingerprint density at radius 2 is 0.767 bits per heavy atom. The third kappa shape index (κ3) is 2.47. The molecule has 0 unspecified atom stereocenters. The second-order valence-electron chi connectivity index (χ2n) is 7.59. The lowest BCUT2D eigenvalue weighted by Crippen LogP contribution is -3.00. The topological polar surface area (TPSA) is 7.76 Å². The van der Waals surface area contributed by atoms with Gasteiger partial charge in [0.2, 0.25) is 11.0 Å². The fourth-order valence-corrected chi connectivity index (χ4v) is 4.80. The molecule has 4 heteroatoms. The van der Waals surface area contributed by atoms with Crippen LogP contribution in [0.2, 0.25) is 0 Å². The first-order valence-electron chi connectivity index (χ1n) is 9.61. The van der Waals surface area contributed by atoms with Crippen molar-refractivity contribution in [2.24, 2.45) is 0 Å². The first kappa shape index (κ1) is 19.2. The van der Waals surface area contributed by atoms with E-state index in [1.807, 2.05) is 0 Å². The predicted octanol–water partition coefficient (Wildman–Crippen LogP) is -0.887. The largest absolute Gasteiger partial charge is 1.00 e. The van der Waals surface area contributed by atoms with E-state index in [-0.39, 0.29) is 34.0 Å². The van der Waals surface area contributed by atoms with Crippen LogP contribution in [0.1, 0.15) is 33.4 Å². The smallest absolute Gasteiger partial charge is 0.226 e. The lowest BCUT2D eigenvalue weighted by atomic mass is 10.1. The summed E-state index contributed by atoms with van der Waals surface area (Å²) in [6, 6.07) is 13.1. The Bertz CT molecular complexity index is 1180. The average molecular weight is 516 g/mol. The number of nitrogens with zero attached hydrogens (tertiary/aromatic N) is 2. The Kier molecular flexibility index (Phi) is 4.38. The van der Waals surface area contributed by atoms with E-state index in [0.717, 1.165) is 0 Å². The van der Waals surface area contributed by atoms with Gasteiger partial charge in [0.05, 0.1) is 21.9 Å². The second kappa shape index (κ2) is 6.86. The molecule has 2 aromatic carbocycles. The number of hydrogen-bond acceptors (Lipinski definition) is 0. The summed E-state index contributed by atoms with van der Waals surface area (Å²) >= 11 is 0. The van der Waals surface area contributed by atoms with E-state index in [9.17, 15) is 0 Å². The van der Waals surface area contributed by atoms with Crippen LogP contribution in [0.25, 0.3) is 70.7 Å². The number of benzene rings is 2. The van der Waals surface area contributed by atoms with Gasteiger partial charge in [0.25, 0.3) is 0 Å². The van der Waals surface area contributed by atoms with Crippen molar-refractivity contribution in [1.29, 1.82) is 0 Å². The van der Waals surface area contributed by atoms with Gasteiger partial charge in [-0.1, -0.05) is 36.4 Å². The van der Waals surface area contributed by atoms with Gasteiger partial charge in [-0.2, -0.15) is 9.13 Å². The molecule has 0 saturated carbocycles. The highest BCUT2D eigenvalue weighted by atomic mass is 79.9. The van der Waals surface area contributed by atoms with Crippen LogP contribution in [-0.2, 0) is 0 Å². The Hall–Kier alpha value is -2.82. The van der Waals surface area contributed by atoms with Crippen molar-refractivity contribution in [3.63, 3.8) is 0 Å². The molecule has 4 aliphatic rings. The van der Waals surface area contributed by atoms with Crippen LogP contribution in [-0.4, -0.2) is 0 Å². The molecule has 8 rings (SSSR count). The Labute approximate surface area is 195 Å². The molecule has 0 radical (unpaired) electrons. The van der Waals surface area contributed by atoms with Crippen molar-refractivity contribution >= 4 is 70.7 Å². The highest BCUT2D eigenvalue weighted by Gasteiger charge is 2.23. The normalized spacial score (nSPS) is 13.6. The molecular weight excluding hydrogens is 500 g/mol. The number of hydrogen-bond donors (Lipinski definition) is 0. The van der Waals surface area contributed by atoms with Crippen LogP contribution in [0.5, 0.6) is 0 Å². The third-order valence-corrected chi connectivity index (χ3v) is 6.12. The van der Waals surface area contributed by atoms with Crippen molar-refractivity contribution in [2.75, 3.05) is 0 Å². The lowest BCUT2D eigenvalue weighted by molar-refractivity contribution is -0.536. The summed E-state index contributed by atoms with van der Waals surface area (Å²) in [7, 11) is 0. The number of halogens is 2. The van der Waals surface area contributed by atoms with Crippen LogP contribution in [0.3, 0.4) is 0 Å². The molecule has 0 bridgehead atoms. The zero-order valence-corrected chi connectivity index (χ0v) is 19.1. The number of pyridine rings is 2. The fraction of sp³-hybridized carbons (Fsp3) is 0. The molecule has 2 aliphatic carbocycles. The van der Waals surface area contributed by atoms with Gasteiger partial charge in [-0.25, -0.2) is 0 Å². The highest BCUT2D eigenvalue weighted by Crippen LogP contribution is 2.34. The van der Waals surface area contributed by atoms with Crippen LogP contribution in [0.4, 0.5) is 0 Å². The molecule has 2 aliphatic heterocycles. The van der Waals surface area contributed by atoms with Gasteiger partial charge in [0.1, 0.15) is 0 Å². The van der Waals surface area contributed by atoms with Crippen LogP contribution >= 0.6 is 0 Å². The summed E-state index contributed by atoms with van der Waals surface area (Å²) in [6.45, 7) is 0. The van der Waals surface area contributed by atoms with Gasteiger partial charge in [0, 0.05) is 24.3 Å². The summed E-state index contributed by atoms with van der Waals surface area (Å²) in [5.41, 5.74) is 10.7. The summed E-state index contributed by atoms with van der Waals surface area (Å²) in [6.07, 6.45) is 21.6. The molecule has 2 aromatic heterocycles. The minimum Gasteiger partial charge on any atom is -1.00 e. The molecular formula is C26H16Br2N2. The van der Waals surface area contributed by atoms with Crippen LogP contribution in [0, 0.1) is 0 Å². The van der Waals surface area contributed by atoms with E-state index < -0.39 is 0 Å². The Morgan fingerprint density at radius 3 is 1.20 bits per heavy atom. The Balaban J connectivity index is 0.000000120. The quantitative estimate of drug-likeness (QED) is 0.232. The summed E-state index contributed by atoms with van der Waals surface area (Å²) < 4.78 is 4.40. The molecule has 0 N–H and O–H groups in total. The summed E-state index contributed by atoms with van der Waals surface area (Å²) in [4.78, 5) is 0. The number of rotatable bonds is 0. The zero-order valence-electron chi connectivity index (χ0n) is 15.9. The van der Waals surface area contributed by atoms with Gasteiger partial charge in [0.15, 0.2) is 24.8 Å². The van der Waals surface area contributed by atoms with Crippen molar-refractivity contribution in [1.82, 2.24) is 0 Å². The molecule has 0 fully saturated rings. The Morgan fingerprint density at radius 1 is 0.400 bits per heavy atom. The predicted molar refractivity (Wildman–Crippen MR) is 117 cm³/mol. The molecule has 30 heavy (non-hydrogen) atoms. The summed E-state index contributed by atoms with van der Waals surface area (Å²) in [5, 5.41) is 2.80. The first-order valence-corrected chi connectivity index (χ1v) is 9.61. The van der Waals surface area contributed by atoms with Crippen molar-refractivity contribution < 1.29 is 43.1 Å². The van der Waals surface area contributed by atoms with Crippen LogP contribution in [0.15, 0.2) is 48.8 Å². The minimum atomic E-state index is 0. The van der Waals surface area contributed by atoms with Crippen molar-refractivity contribution in [3.05, 3.63) is 82.2 Å². The van der Waals surface area contributed by atoms with E-state index in [0.29, 0.717) is 0 Å². The molecule has 0 spiro atoms. The zero-order chi connectivity index (χ0) is 18.2.